The molecule has 0 radical (unpaired) electrons. The smallest absolute Gasteiger partial charge is 0.457 e. The first-order valence-electron chi connectivity index (χ1n) is 22.1. The monoisotopic (exact) mass is 782 g/mol. The van der Waals surface area contributed by atoms with Crippen LogP contribution in [0.15, 0.2) is 48.6 Å². The Morgan fingerprint density at radius 1 is 0.556 bits per heavy atom. The molecule has 2 atom stereocenters. The number of rotatable bonds is 42. The van der Waals surface area contributed by atoms with Crippen LogP contribution >= 0.6 is 7.82 Å². The van der Waals surface area contributed by atoms with Gasteiger partial charge >= 0.3 is 13.8 Å². The lowest BCUT2D eigenvalue weighted by Crippen LogP contribution is -2.28. The third kappa shape index (κ3) is 41.6. The highest BCUT2D eigenvalue weighted by Gasteiger charge is 2.25. The molecule has 0 aliphatic heterocycles. The van der Waals surface area contributed by atoms with Gasteiger partial charge in [-0.25, -0.2) is 4.57 Å². The molecule has 316 valence electrons. The quantitative estimate of drug-likeness (QED) is 0.0272. The van der Waals surface area contributed by atoms with Gasteiger partial charge in [0.1, 0.15) is 6.10 Å². The van der Waals surface area contributed by atoms with E-state index in [-0.39, 0.29) is 32.3 Å². The Morgan fingerprint density at radius 3 is 1.50 bits per heavy atom. The molecule has 0 aliphatic carbocycles. The molecule has 0 aliphatic rings. The molecular formula is C45H84NO7P. The van der Waals surface area contributed by atoms with Crippen molar-refractivity contribution in [1.29, 1.82) is 0 Å². The lowest BCUT2D eigenvalue weighted by atomic mass is 10.1. The summed E-state index contributed by atoms with van der Waals surface area (Å²) in [5.74, 6) is -0.344. The van der Waals surface area contributed by atoms with Gasteiger partial charge in [0, 0.05) is 19.6 Å². The van der Waals surface area contributed by atoms with Gasteiger partial charge in [-0.15, -0.1) is 0 Å². The number of hydrogen-bond acceptors (Lipinski definition) is 7. The highest BCUT2D eigenvalue weighted by Crippen LogP contribution is 2.43. The van der Waals surface area contributed by atoms with Gasteiger partial charge in [-0.1, -0.05) is 159 Å². The molecule has 0 aromatic rings. The summed E-state index contributed by atoms with van der Waals surface area (Å²) in [5.41, 5.74) is 5.37. The summed E-state index contributed by atoms with van der Waals surface area (Å²) in [5, 5.41) is 0. The van der Waals surface area contributed by atoms with Gasteiger partial charge in [0.15, 0.2) is 0 Å². The van der Waals surface area contributed by atoms with E-state index in [0.717, 1.165) is 64.2 Å². The van der Waals surface area contributed by atoms with Crippen molar-refractivity contribution < 1.29 is 32.8 Å². The van der Waals surface area contributed by atoms with E-state index in [1.165, 1.54) is 109 Å². The van der Waals surface area contributed by atoms with Crippen molar-refractivity contribution in [2.45, 2.75) is 200 Å². The first-order valence-corrected chi connectivity index (χ1v) is 23.6. The van der Waals surface area contributed by atoms with Gasteiger partial charge in [-0.05, 0) is 77.0 Å². The number of carbonyl (C=O) groups excluding carboxylic acids is 1. The summed E-state index contributed by atoms with van der Waals surface area (Å²) in [7, 11) is -4.28. The van der Waals surface area contributed by atoms with E-state index in [1.807, 2.05) is 0 Å². The van der Waals surface area contributed by atoms with E-state index in [9.17, 15) is 14.3 Å². The SMILES string of the molecule is CCCCCC/C=C\CCCCCCCC(=O)OC(COCCCCCCCCC/C=C\C/C=C\C/C=C\CCCCCCC)COP(=O)(O)OCCN. The minimum Gasteiger partial charge on any atom is -0.457 e. The molecule has 0 amide bonds. The maximum absolute atomic E-state index is 12.6. The van der Waals surface area contributed by atoms with E-state index in [4.69, 9.17) is 24.3 Å². The van der Waals surface area contributed by atoms with Crippen LogP contribution in [0.5, 0.6) is 0 Å². The third-order valence-corrected chi connectivity index (χ3v) is 10.2. The molecule has 0 saturated carbocycles. The number of unbranched alkanes of at least 4 members (excludes halogenated alkanes) is 21. The highest BCUT2D eigenvalue weighted by molar-refractivity contribution is 7.47. The topological polar surface area (TPSA) is 117 Å². The predicted molar refractivity (Wildman–Crippen MR) is 229 cm³/mol. The van der Waals surface area contributed by atoms with Crippen molar-refractivity contribution in [3.8, 4) is 0 Å². The minimum atomic E-state index is -4.28. The van der Waals surface area contributed by atoms with Crippen molar-refractivity contribution in [2.24, 2.45) is 5.73 Å². The van der Waals surface area contributed by atoms with Gasteiger partial charge in [0.05, 0.1) is 19.8 Å². The standard InChI is InChI=1S/C45H84NO7P/c1-3-5-7-9-11-13-15-17-18-19-20-21-22-23-24-25-27-29-31-33-35-37-40-50-42-44(43-52-54(48,49)51-41-39-46)53-45(47)38-36-34-32-30-28-26-16-14-12-10-8-6-4-2/h14-17,19-20,22-23,44H,3-13,18,21,24-43,46H2,1-2H3,(H,48,49)/b16-14-,17-15-,20-19-,23-22-. The van der Waals surface area contributed by atoms with Gasteiger partial charge in [-0.2, -0.15) is 0 Å². The van der Waals surface area contributed by atoms with Gasteiger partial charge in [0.25, 0.3) is 0 Å². The van der Waals surface area contributed by atoms with E-state index >= 15 is 0 Å². The number of phosphoric ester groups is 1. The Bertz CT molecular complexity index is 968. The number of carbonyl (C=O) groups is 1. The number of hydrogen-bond donors (Lipinski definition) is 2. The normalized spacial score (nSPS) is 13.9. The van der Waals surface area contributed by atoms with Crippen LogP contribution < -0.4 is 5.73 Å². The van der Waals surface area contributed by atoms with Crippen LogP contribution in [0.2, 0.25) is 0 Å². The van der Waals surface area contributed by atoms with E-state index < -0.39 is 13.9 Å². The third-order valence-electron chi connectivity index (χ3n) is 9.22. The summed E-state index contributed by atoms with van der Waals surface area (Å²) in [6.07, 6.45) is 49.9. The number of allylic oxidation sites excluding steroid dienone is 8. The van der Waals surface area contributed by atoms with Crippen molar-refractivity contribution in [2.75, 3.05) is 33.0 Å². The Kier molecular flexibility index (Phi) is 41.4. The fourth-order valence-electron chi connectivity index (χ4n) is 5.94. The fourth-order valence-corrected chi connectivity index (χ4v) is 6.70. The number of phosphoric acid groups is 1. The van der Waals surface area contributed by atoms with Crippen molar-refractivity contribution >= 4 is 13.8 Å². The van der Waals surface area contributed by atoms with Crippen molar-refractivity contribution in [3.63, 3.8) is 0 Å². The number of nitrogens with two attached hydrogens (primary N) is 1. The molecule has 2 unspecified atom stereocenters. The lowest BCUT2D eigenvalue weighted by Gasteiger charge is -2.20. The number of ether oxygens (including phenoxy) is 2. The van der Waals surface area contributed by atoms with E-state index in [1.54, 1.807) is 0 Å². The molecule has 0 saturated heterocycles. The molecule has 0 fully saturated rings. The Balaban J connectivity index is 4.03. The van der Waals surface area contributed by atoms with E-state index in [2.05, 4.69) is 62.5 Å². The maximum atomic E-state index is 12.6. The van der Waals surface area contributed by atoms with E-state index in [0.29, 0.717) is 13.0 Å². The molecule has 0 spiro atoms. The molecule has 0 heterocycles. The summed E-state index contributed by atoms with van der Waals surface area (Å²) in [6.45, 7) is 4.86. The van der Waals surface area contributed by atoms with Crippen LogP contribution in [0, 0.1) is 0 Å². The molecule has 9 heteroatoms. The molecule has 0 bridgehead atoms. The fraction of sp³-hybridized carbons (Fsp3) is 0.800. The zero-order valence-corrected chi connectivity index (χ0v) is 35.8. The zero-order valence-electron chi connectivity index (χ0n) is 35.0. The van der Waals surface area contributed by atoms with Gasteiger partial charge in [0.2, 0.25) is 0 Å². The molecule has 54 heavy (non-hydrogen) atoms. The second kappa shape index (κ2) is 42.6. The minimum absolute atomic E-state index is 0.0958. The molecule has 3 N–H and O–H groups in total. The second-order valence-electron chi connectivity index (χ2n) is 14.6. The molecule has 0 aromatic heterocycles. The Morgan fingerprint density at radius 2 is 0.981 bits per heavy atom. The molecule has 8 nitrogen and oxygen atoms in total. The number of esters is 1. The summed E-state index contributed by atoms with van der Waals surface area (Å²) in [6, 6.07) is 0. The molecule has 0 rings (SSSR count). The summed E-state index contributed by atoms with van der Waals surface area (Å²) < 4.78 is 33.4. The van der Waals surface area contributed by atoms with Gasteiger partial charge in [-0.3, -0.25) is 13.8 Å². The van der Waals surface area contributed by atoms with Crippen molar-refractivity contribution in [3.05, 3.63) is 48.6 Å². The Hall–Kier alpha value is -1.54. The maximum Gasteiger partial charge on any atom is 0.472 e. The average Bonchev–Trinajstić information content (AvgIpc) is 3.16. The van der Waals surface area contributed by atoms with Crippen LogP contribution in [-0.2, 0) is 27.9 Å². The average molecular weight is 782 g/mol. The summed E-state index contributed by atoms with van der Waals surface area (Å²) >= 11 is 0. The van der Waals surface area contributed by atoms with Crippen LogP contribution in [0.3, 0.4) is 0 Å². The lowest BCUT2D eigenvalue weighted by molar-refractivity contribution is -0.154. The largest absolute Gasteiger partial charge is 0.472 e. The van der Waals surface area contributed by atoms with Crippen LogP contribution in [0.4, 0.5) is 0 Å². The predicted octanol–water partition coefficient (Wildman–Crippen LogP) is 13.2. The van der Waals surface area contributed by atoms with Crippen LogP contribution in [0.25, 0.3) is 0 Å². The molecular weight excluding hydrogens is 697 g/mol. The first-order chi connectivity index (χ1) is 26.4. The first kappa shape index (κ1) is 52.5. The summed E-state index contributed by atoms with van der Waals surface area (Å²) in [4.78, 5) is 22.4. The van der Waals surface area contributed by atoms with Gasteiger partial charge < -0.3 is 20.1 Å². The zero-order chi connectivity index (χ0) is 39.5. The van der Waals surface area contributed by atoms with Crippen molar-refractivity contribution in [1.82, 2.24) is 0 Å². The Labute approximate surface area is 332 Å². The van der Waals surface area contributed by atoms with Crippen LogP contribution in [0.1, 0.15) is 194 Å². The second-order valence-corrected chi connectivity index (χ2v) is 16.0. The van der Waals surface area contributed by atoms with Crippen LogP contribution in [-0.4, -0.2) is 49.9 Å². The highest BCUT2D eigenvalue weighted by atomic mass is 31.2. The molecule has 0 aromatic carbocycles.